The average molecular weight is 1710 g/mol. The summed E-state index contributed by atoms with van der Waals surface area (Å²) < 4.78 is 10.7. The molecule has 6 aromatic carbocycles. The first-order valence-electron chi connectivity index (χ1n) is 44.3. The summed E-state index contributed by atoms with van der Waals surface area (Å²) in [6.07, 6.45) is 21.3. The fraction of sp³-hybridized carbons (Fsp3) is 0.510. The van der Waals surface area contributed by atoms with Crippen LogP contribution in [0.5, 0.6) is 12.0 Å². The highest BCUT2D eigenvalue weighted by atomic mass is 35.5. The van der Waals surface area contributed by atoms with E-state index in [9.17, 15) is 39.6 Å². The van der Waals surface area contributed by atoms with Gasteiger partial charge in [0.05, 0.1) is 117 Å². The molecule has 0 amide bonds. The molecule has 24 heteroatoms. The van der Waals surface area contributed by atoms with Crippen molar-refractivity contribution >= 4 is 115 Å². The molecular formula is C98H130Cl2N12O10. The van der Waals surface area contributed by atoms with Gasteiger partial charge in [-0.3, -0.25) is 19.2 Å². The van der Waals surface area contributed by atoms with Crippen LogP contribution in [0.4, 0.5) is 68.2 Å². The maximum atomic E-state index is 12.1. The van der Waals surface area contributed by atoms with Crippen molar-refractivity contribution in [3.8, 4) is 12.0 Å². The van der Waals surface area contributed by atoms with Crippen molar-refractivity contribution in [3.63, 3.8) is 0 Å². The summed E-state index contributed by atoms with van der Waals surface area (Å²) in [7, 11) is 0. The third kappa shape index (κ3) is 23.0. The molecule has 0 saturated heterocycles. The number of benzene rings is 6. The molecule has 22 nitrogen and oxygen atoms in total. The number of ether oxygens (including phenoxy) is 2. The van der Waals surface area contributed by atoms with Gasteiger partial charge in [-0.05, 0) is 273 Å². The zero-order chi connectivity index (χ0) is 87.8. The SMILES string of the molecule is CC(C)CN(CC(C)C)c1ccc(C2(C(=O)O)CCC2)cc1Nc1ccc(Cl)cc1.CC(C)N(CC1CC1)c1ccc(C2(C(=O)O)CCC2)cc1Nc1ccc(Cl)cc1.CCOc1ncc(Nc2cc(C3(C(=O)O)CCC3)ccc2N(CC(C)C)CC(C)C)cn1.CCOc1ncc(Nc2cc(C3(C(=O)O)CCC3)ccc2N(CC2CC2)C(C)C)cn1. The monoisotopic (exact) mass is 1700 g/mol. The van der Waals surface area contributed by atoms with Crippen LogP contribution in [-0.2, 0) is 40.8 Å². The van der Waals surface area contributed by atoms with E-state index in [4.69, 9.17) is 32.7 Å². The smallest absolute Gasteiger partial charge is 0.316 e. The minimum absolute atomic E-state index is 0.334. The lowest BCUT2D eigenvalue weighted by atomic mass is 9.64. The molecule has 14 rings (SSSR count). The number of halogens is 2. The lowest BCUT2D eigenvalue weighted by molar-refractivity contribution is -0.148. The molecule has 0 aliphatic heterocycles. The molecule has 0 bridgehead atoms. The number of carboxylic acid groups (broad SMARTS) is 4. The van der Waals surface area contributed by atoms with Crippen molar-refractivity contribution in [1.82, 2.24) is 19.9 Å². The summed E-state index contributed by atoms with van der Waals surface area (Å²) >= 11 is 12.1. The van der Waals surface area contributed by atoms with Gasteiger partial charge in [-0.25, -0.2) is 19.9 Å². The largest absolute Gasteiger partial charge is 0.481 e. The molecule has 6 saturated carbocycles. The van der Waals surface area contributed by atoms with Crippen LogP contribution in [0.25, 0.3) is 0 Å². The number of nitrogens with one attached hydrogen (secondary N) is 4. The van der Waals surface area contributed by atoms with E-state index in [2.05, 4.69) is 174 Å². The number of hydrogen-bond donors (Lipinski definition) is 8. The summed E-state index contributed by atoms with van der Waals surface area (Å²) in [6.45, 7) is 37.1. The van der Waals surface area contributed by atoms with Crippen LogP contribution in [0.1, 0.15) is 222 Å². The van der Waals surface area contributed by atoms with Crippen molar-refractivity contribution < 1.29 is 49.1 Å². The third-order valence-corrected chi connectivity index (χ3v) is 25.0. The number of aliphatic carboxylic acids is 4. The number of carboxylic acids is 4. The van der Waals surface area contributed by atoms with Crippen molar-refractivity contribution in [2.45, 2.75) is 233 Å². The Morgan fingerprint density at radius 2 is 0.623 bits per heavy atom. The third-order valence-electron chi connectivity index (χ3n) is 24.5. The van der Waals surface area contributed by atoms with Crippen molar-refractivity contribution in [3.05, 3.63) is 178 Å². The molecule has 8 aromatic rings. The second kappa shape index (κ2) is 41.4. The minimum atomic E-state index is -0.786. The van der Waals surface area contributed by atoms with Gasteiger partial charge in [0.25, 0.3) is 0 Å². The zero-order valence-corrected chi connectivity index (χ0v) is 75.5. The van der Waals surface area contributed by atoms with Crippen LogP contribution in [0.3, 0.4) is 0 Å². The van der Waals surface area contributed by atoms with Crippen LogP contribution < -0.4 is 50.3 Å². The van der Waals surface area contributed by atoms with E-state index < -0.39 is 45.5 Å². The molecule has 6 aliphatic carbocycles. The first kappa shape index (κ1) is 92.7. The van der Waals surface area contributed by atoms with Gasteiger partial charge in [-0.15, -0.1) is 0 Å². The number of nitrogens with zero attached hydrogens (tertiary/aromatic N) is 8. The molecular weight excluding hydrogens is 1580 g/mol. The van der Waals surface area contributed by atoms with Crippen molar-refractivity contribution in [2.24, 2.45) is 35.5 Å². The quantitative estimate of drug-likeness (QED) is 0.0178. The highest BCUT2D eigenvalue weighted by molar-refractivity contribution is 6.31. The lowest BCUT2D eigenvalue weighted by Crippen LogP contribution is -2.42. The summed E-state index contributed by atoms with van der Waals surface area (Å²) in [5.74, 6) is 0.603. The number of anilines is 12. The van der Waals surface area contributed by atoms with Crippen LogP contribution in [0.2, 0.25) is 10.0 Å². The number of aromatic nitrogens is 4. The van der Waals surface area contributed by atoms with Crippen LogP contribution in [-0.4, -0.2) is 129 Å². The van der Waals surface area contributed by atoms with E-state index in [1.165, 1.54) is 25.7 Å². The first-order valence-corrected chi connectivity index (χ1v) is 45.1. The molecule has 0 spiro atoms. The molecule has 6 aliphatic rings. The Morgan fingerprint density at radius 3 is 0.836 bits per heavy atom. The van der Waals surface area contributed by atoms with Gasteiger partial charge in [-0.2, -0.15) is 0 Å². The highest BCUT2D eigenvalue weighted by Crippen LogP contribution is 2.52. The van der Waals surface area contributed by atoms with Gasteiger partial charge < -0.3 is 70.8 Å². The van der Waals surface area contributed by atoms with E-state index in [0.717, 1.165) is 167 Å². The van der Waals surface area contributed by atoms with Crippen LogP contribution >= 0.6 is 23.2 Å². The molecule has 656 valence electrons. The van der Waals surface area contributed by atoms with E-state index >= 15 is 0 Å². The Morgan fingerprint density at radius 1 is 0.377 bits per heavy atom. The molecule has 0 radical (unpaired) electrons. The fourth-order valence-electron chi connectivity index (χ4n) is 16.9. The van der Waals surface area contributed by atoms with E-state index in [1.807, 2.05) is 105 Å². The molecule has 6 fully saturated rings. The number of carbonyl (C=O) groups is 4. The second-order valence-electron chi connectivity index (χ2n) is 36.5. The van der Waals surface area contributed by atoms with Gasteiger partial charge in [0, 0.05) is 72.8 Å². The van der Waals surface area contributed by atoms with Crippen LogP contribution in [0.15, 0.2) is 146 Å². The topological polar surface area (TPSA) is 280 Å². The summed E-state index contributed by atoms with van der Waals surface area (Å²) in [5, 5.41) is 55.1. The first-order chi connectivity index (χ1) is 58.3. The summed E-state index contributed by atoms with van der Waals surface area (Å²) in [4.78, 5) is 75.0. The standard InChI is InChI=1S/C25H33ClN2O2.C25H36N4O3.C24H29ClN2O2.C24H32N4O3/c1-17(2)15-28(16-18(3)4)23-11-6-19(25(24(29)30)12-5-13-25)14-22(23)27-21-9-7-20(26)8-10-21;1-6-32-24-26-13-20(14-27-24)28-21-12-19(25(23(30)31)10-7-11-25)8-9-22(21)29(15-17(2)3)16-18(4)5;1-16(2)27(15-17-4-5-17)22-11-6-18(24(23(28)29)12-3-13-24)14-21(22)26-20-9-7-19(25)8-10-20;1-4-31-23-25-13-19(14-26-23)27-20-12-18(24(22(29)30)10-5-11-24)8-9-21(20)28(16(2)3)15-17-6-7-17/h6-11,14,17-18,27H,5,12-13,15-16H2,1-4H3,(H,29,30);8-9,12-14,17-18,28H,6-7,10-11,15-16H2,1-5H3,(H,30,31);6-11,14,16-17,26H,3-5,12-13,15H2,1-2H3,(H,28,29);8-9,12-14,16-17,27H,4-7,10-11,15H2,1-3H3,(H,29,30). The molecule has 2 aromatic heterocycles. The molecule has 2 heterocycles. The van der Waals surface area contributed by atoms with E-state index in [1.54, 1.807) is 24.8 Å². The van der Waals surface area contributed by atoms with E-state index in [-0.39, 0.29) is 0 Å². The maximum absolute atomic E-state index is 12.1. The Kier molecular flexibility index (Phi) is 31.5. The van der Waals surface area contributed by atoms with Gasteiger partial charge in [0.1, 0.15) is 0 Å². The zero-order valence-electron chi connectivity index (χ0n) is 74.0. The lowest BCUT2D eigenvalue weighted by Gasteiger charge is -2.39. The molecule has 8 N–H and O–H groups in total. The van der Waals surface area contributed by atoms with Crippen molar-refractivity contribution in [1.29, 1.82) is 0 Å². The van der Waals surface area contributed by atoms with E-state index in [0.29, 0.717) is 122 Å². The summed E-state index contributed by atoms with van der Waals surface area (Å²) in [6, 6.07) is 41.2. The Bertz CT molecular complexity index is 4770. The highest BCUT2D eigenvalue weighted by Gasteiger charge is 2.50. The van der Waals surface area contributed by atoms with Gasteiger partial charge >= 0.3 is 35.9 Å². The molecule has 0 atom stereocenters. The fourth-order valence-corrected chi connectivity index (χ4v) is 17.2. The Labute approximate surface area is 732 Å². The average Bonchev–Trinajstić information content (AvgIpc) is 1.27. The predicted molar refractivity (Wildman–Crippen MR) is 495 cm³/mol. The number of hydrogen-bond acceptors (Lipinski definition) is 18. The predicted octanol–water partition coefficient (Wildman–Crippen LogP) is 22.9. The second-order valence-corrected chi connectivity index (χ2v) is 37.4. The van der Waals surface area contributed by atoms with Gasteiger partial charge in [-0.1, -0.05) is 129 Å². The van der Waals surface area contributed by atoms with Crippen molar-refractivity contribution in [2.75, 3.05) is 93.3 Å². The van der Waals surface area contributed by atoms with Gasteiger partial charge in [0.2, 0.25) is 0 Å². The Hall–Kier alpha value is -10.1. The number of rotatable bonds is 38. The van der Waals surface area contributed by atoms with Gasteiger partial charge in [0.15, 0.2) is 0 Å². The maximum Gasteiger partial charge on any atom is 0.316 e. The molecule has 122 heavy (non-hydrogen) atoms. The summed E-state index contributed by atoms with van der Waals surface area (Å²) in [5.41, 5.74) is 11.9. The minimum Gasteiger partial charge on any atom is -0.481 e. The molecule has 0 unspecified atom stereocenters. The Balaban J connectivity index is 0.000000159. The van der Waals surface area contributed by atoms with Crippen LogP contribution in [0, 0.1) is 35.5 Å². The normalized spacial score (nSPS) is 16.2.